The van der Waals surface area contributed by atoms with Gasteiger partial charge in [0.05, 0.1) is 13.2 Å². The molecule has 9 heteroatoms. The SMILES string of the molecule is COc1ccc(NC(=O)C(c2cccc(C)c2C)N(CC#N)C(=O)C(NC(=O)OC(C)(C)C)C(C)C)cc1. The van der Waals surface area contributed by atoms with Crippen molar-refractivity contribution in [2.45, 2.75) is 66.2 Å². The molecule has 0 radical (unpaired) electrons. The summed E-state index contributed by atoms with van der Waals surface area (Å²) in [5, 5.41) is 15.2. The Kier molecular flexibility index (Phi) is 10.3. The van der Waals surface area contributed by atoms with E-state index in [4.69, 9.17) is 9.47 Å². The van der Waals surface area contributed by atoms with Crippen molar-refractivity contribution in [1.29, 1.82) is 5.26 Å². The minimum Gasteiger partial charge on any atom is -0.497 e. The summed E-state index contributed by atoms with van der Waals surface area (Å²) in [5.41, 5.74) is 2.07. The first-order valence-electron chi connectivity index (χ1n) is 12.5. The molecular formula is C29H38N4O5. The van der Waals surface area contributed by atoms with E-state index in [9.17, 15) is 19.6 Å². The van der Waals surface area contributed by atoms with Crippen LogP contribution in [0.3, 0.4) is 0 Å². The van der Waals surface area contributed by atoms with Crippen molar-refractivity contribution >= 4 is 23.6 Å². The summed E-state index contributed by atoms with van der Waals surface area (Å²) in [6.45, 7) is 12.1. The zero-order chi connectivity index (χ0) is 28.6. The van der Waals surface area contributed by atoms with Gasteiger partial charge >= 0.3 is 6.09 Å². The number of alkyl carbamates (subject to hydrolysis) is 1. The third kappa shape index (κ3) is 7.97. The monoisotopic (exact) mass is 522 g/mol. The summed E-state index contributed by atoms with van der Waals surface area (Å²) in [6.07, 6.45) is -0.757. The van der Waals surface area contributed by atoms with Gasteiger partial charge in [0.25, 0.3) is 5.91 Å². The van der Waals surface area contributed by atoms with Crippen LogP contribution in [0, 0.1) is 31.1 Å². The van der Waals surface area contributed by atoms with Crippen LogP contribution in [0.4, 0.5) is 10.5 Å². The van der Waals surface area contributed by atoms with Gasteiger partial charge in [0.15, 0.2) is 0 Å². The minimum absolute atomic E-state index is 0.347. The van der Waals surface area contributed by atoms with Crippen molar-refractivity contribution in [3.63, 3.8) is 0 Å². The van der Waals surface area contributed by atoms with Gasteiger partial charge in [-0.1, -0.05) is 32.0 Å². The molecule has 0 bridgehead atoms. The molecule has 2 aromatic carbocycles. The molecule has 38 heavy (non-hydrogen) atoms. The third-order valence-electron chi connectivity index (χ3n) is 5.99. The van der Waals surface area contributed by atoms with Gasteiger partial charge < -0.3 is 25.0 Å². The number of carbonyl (C=O) groups excluding carboxylic acids is 3. The first-order valence-corrected chi connectivity index (χ1v) is 12.5. The normalized spacial score (nSPS) is 12.6. The Hall–Kier alpha value is -4.06. The molecule has 0 saturated heterocycles. The average Bonchev–Trinajstić information content (AvgIpc) is 2.83. The lowest BCUT2D eigenvalue weighted by atomic mass is 9.94. The van der Waals surface area contributed by atoms with Gasteiger partial charge in [-0.25, -0.2) is 4.79 Å². The van der Waals surface area contributed by atoms with Crippen LogP contribution in [0.2, 0.25) is 0 Å². The predicted molar refractivity (Wildman–Crippen MR) is 146 cm³/mol. The summed E-state index contributed by atoms with van der Waals surface area (Å²) >= 11 is 0. The van der Waals surface area contributed by atoms with Gasteiger partial charge in [-0.2, -0.15) is 5.26 Å². The predicted octanol–water partition coefficient (Wildman–Crippen LogP) is 4.89. The van der Waals surface area contributed by atoms with Crippen molar-refractivity contribution in [2.75, 3.05) is 19.0 Å². The molecule has 3 amide bonds. The number of aryl methyl sites for hydroxylation is 1. The number of rotatable bonds is 9. The molecule has 2 N–H and O–H groups in total. The number of hydrogen-bond donors (Lipinski definition) is 2. The summed E-state index contributed by atoms with van der Waals surface area (Å²) in [4.78, 5) is 41.5. The van der Waals surface area contributed by atoms with E-state index in [1.807, 2.05) is 26.0 Å². The van der Waals surface area contributed by atoms with Crippen molar-refractivity contribution in [3.8, 4) is 11.8 Å². The van der Waals surface area contributed by atoms with Crippen LogP contribution in [0.5, 0.6) is 5.75 Å². The van der Waals surface area contributed by atoms with E-state index in [1.54, 1.807) is 78.1 Å². The molecule has 2 unspecified atom stereocenters. The Morgan fingerprint density at radius 3 is 2.21 bits per heavy atom. The van der Waals surface area contributed by atoms with Crippen molar-refractivity contribution < 1.29 is 23.9 Å². The number of carbonyl (C=O) groups is 3. The number of ether oxygens (including phenoxy) is 2. The van der Waals surface area contributed by atoms with E-state index in [2.05, 4.69) is 10.6 Å². The minimum atomic E-state index is -1.13. The van der Waals surface area contributed by atoms with E-state index in [0.717, 1.165) is 11.1 Å². The Morgan fingerprint density at radius 2 is 1.68 bits per heavy atom. The maximum absolute atomic E-state index is 13.9. The zero-order valence-corrected chi connectivity index (χ0v) is 23.4. The van der Waals surface area contributed by atoms with Crippen LogP contribution in [-0.2, 0) is 14.3 Å². The van der Waals surface area contributed by atoms with Crippen molar-refractivity contribution in [1.82, 2.24) is 10.2 Å². The molecule has 2 rings (SSSR count). The van der Waals surface area contributed by atoms with Crippen molar-refractivity contribution in [2.24, 2.45) is 5.92 Å². The number of anilines is 1. The maximum Gasteiger partial charge on any atom is 0.408 e. The van der Waals surface area contributed by atoms with Gasteiger partial charge in [0.2, 0.25) is 5.91 Å². The summed E-state index contributed by atoms with van der Waals surface area (Å²) < 4.78 is 10.5. The fraction of sp³-hybridized carbons (Fsp3) is 0.448. The highest BCUT2D eigenvalue weighted by Crippen LogP contribution is 2.29. The second kappa shape index (κ2) is 13.0. The lowest BCUT2D eigenvalue weighted by Crippen LogP contribution is -2.54. The number of methoxy groups -OCH3 is 1. The van der Waals surface area contributed by atoms with Crippen LogP contribution < -0.4 is 15.4 Å². The lowest BCUT2D eigenvalue weighted by Gasteiger charge is -2.34. The highest BCUT2D eigenvalue weighted by molar-refractivity contribution is 5.99. The molecule has 0 aliphatic heterocycles. The highest BCUT2D eigenvalue weighted by atomic mass is 16.6. The van der Waals surface area contributed by atoms with Gasteiger partial charge in [-0.3, -0.25) is 9.59 Å². The second-order valence-electron chi connectivity index (χ2n) is 10.4. The fourth-order valence-corrected chi connectivity index (χ4v) is 3.91. The standard InChI is InChI=1S/C29H38N4O5/c1-18(2)24(32-28(36)38-29(5,6)7)27(35)33(17-16-30)25(23-11-9-10-19(3)20(23)4)26(34)31-21-12-14-22(37-8)15-13-21/h9-15,18,24-25H,17H2,1-8H3,(H,31,34)(H,32,36). The molecule has 2 atom stereocenters. The number of hydrogen-bond acceptors (Lipinski definition) is 6. The summed E-state index contributed by atoms with van der Waals surface area (Å²) in [5.74, 6) is -0.779. The van der Waals surface area contributed by atoms with Crippen LogP contribution >= 0.6 is 0 Å². The number of nitrogens with zero attached hydrogens (tertiary/aromatic N) is 2. The second-order valence-corrected chi connectivity index (χ2v) is 10.4. The van der Waals surface area contributed by atoms with E-state index < -0.39 is 35.6 Å². The molecule has 2 aromatic rings. The number of nitriles is 1. The average molecular weight is 523 g/mol. The number of benzene rings is 2. The van der Waals surface area contributed by atoms with Crippen LogP contribution in [-0.4, -0.2) is 48.1 Å². The van der Waals surface area contributed by atoms with Crippen LogP contribution in [0.15, 0.2) is 42.5 Å². The number of amides is 3. The first kappa shape index (κ1) is 30.2. The fourth-order valence-electron chi connectivity index (χ4n) is 3.91. The third-order valence-corrected chi connectivity index (χ3v) is 5.99. The Labute approximate surface area is 225 Å². The molecule has 0 spiro atoms. The molecule has 0 aliphatic rings. The smallest absolute Gasteiger partial charge is 0.408 e. The topological polar surface area (TPSA) is 121 Å². The van der Waals surface area contributed by atoms with Gasteiger partial charge in [-0.15, -0.1) is 0 Å². The van der Waals surface area contributed by atoms with Gasteiger partial charge in [-0.05, 0) is 81.5 Å². The molecule has 0 aliphatic carbocycles. The van der Waals surface area contributed by atoms with Crippen LogP contribution in [0.25, 0.3) is 0 Å². The van der Waals surface area contributed by atoms with E-state index in [0.29, 0.717) is 17.0 Å². The molecular weight excluding hydrogens is 484 g/mol. The van der Waals surface area contributed by atoms with Crippen molar-refractivity contribution in [3.05, 3.63) is 59.2 Å². The molecule has 0 heterocycles. The first-order chi connectivity index (χ1) is 17.8. The van der Waals surface area contributed by atoms with Gasteiger partial charge in [0.1, 0.15) is 30.0 Å². The summed E-state index contributed by atoms with van der Waals surface area (Å²) in [7, 11) is 1.55. The molecule has 0 fully saturated rings. The number of nitrogens with one attached hydrogen (secondary N) is 2. The molecule has 9 nitrogen and oxygen atoms in total. The quantitative estimate of drug-likeness (QED) is 0.452. The van der Waals surface area contributed by atoms with Crippen LogP contribution in [0.1, 0.15) is 57.4 Å². The molecule has 0 saturated carbocycles. The summed E-state index contributed by atoms with van der Waals surface area (Å²) in [6, 6.07) is 12.1. The Morgan fingerprint density at radius 1 is 1.05 bits per heavy atom. The van der Waals surface area contributed by atoms with Gasteiger partial charge in [0, 0.05) is 5.69 Å². The maximum atomic E-state index is 13.9. The highest BCUT2D eigenvalue weighted by Gasteiger charge is 2.38. The van der Waals surface area contributed by atoms with E-state index >= 15 is 0 Å². The van der Waals surface area contributed by atoms with E-state index in [-0.39, 0.29) is 12.5 Å². The molecule has 0 aromatic heterocycles. The van der Waals surface area contributed by atoms with E-state index in [1.165, 1.54) is 4.90 Å². The largest absolute Gasteiger partial charge is 0.497 e. The molecule has 204 valence electrons. The Balaban J connectivity index is 2.54. The Bertz CT molecular complexity index is 1180. The lowest BCUT2D eigenvalue weighted by molar-refractivity contribution is -0.141. The zero-order valence-electron chi connectivity index (χ0n) is 23.4.